The van der Waals surface area contributed by atoms with Crippen LogP contribution in [0.3, 0.4) is 0 Å². The van der Waals surface area contributed by atoms with Gasteiger partial charge in [0.25, 0.3) is 0 Å². The molecule has 0 aliphatic heterocycles. The van der Waals surface area contributed by atoms with Crippen LogP contribution in [0.15, 0.2) is 60.7 Å². The predicted molar refractivity (Wildman–Crippen MR) is 127 cm³/mol. The van der Waals surface area contributed by atoms with Gasteiger partial charge in [0.15, 0.2) is 0 Å². The molecule has 0 atom stereocenters. The lowest BCUT2D eigenvalue weighted by molar-refractivity contribution is 0.0734. The van der Waals surface area contributed by atoms with Crippen LogP contribution in [0.4, 0.5) is 0 Å². The highest BCUT2D eigenvalue weighted by molar-refractivity contribution is 6.30. The highest BCUT2D eigenvalue weighted by Gasteiger charge is 2.18. The summed E-state index contributed by atoms with van der Waals surface area (Å²) < 4.78 is 11.1. The lowest BCUT2D eigenvalue weighted by Gasteiger charge is -2.26. The number of unbranched alkanes of at least 4 members (excludes halogenated alkanes) is 2. The predicted octanol–water partition coefficient (Wildman–Crippen LogP) is 7.88. The highest BCUT2D eigenvalue weighted by Crippen LogP contribution is 2.32. The molecule has 0 heterocycles. The second-order valence-electron chi connectivity index (χ2n) is 8.38. The number of allylic oxidation sites excluding steroid dienone is 1. The summed E-state index contributed by atoms with van der Waals surface area (Å²) in [5, 5.41) is 0.602. The molecule has 4 heteroatoms. The first-order chi connectivity index (χ1) is 15.1. The Labute approximate surface area is 191 Å². The first-order valence-electron chi connectivity index (χ1n) is 11.5. The first kappa shape index (κ1) is 23.4. The van der Waals surface area contributed by atoms with Crippen LogP contribution < -0.4 is 9.47 Å². The molecule has 3 nitrogen and oxygen atoms in total. The van der Waals surface area contributed by atoms with Crippen molar-refractivity contribution in [2.45, 2.75) is 58.3 Å². The average molecular weight is 441 g/mol. The quantitative estimate of drug-likeness (QED) is 0.163. The molecule has 0 aromatic heterocycles. The maximum Gasteiger partial charge on any atom is 0.343 e. The van der Waals surface area contributed by atoms with E-state index in [0.717, 1.165) is 11.7 Å². The molecular formula is C27H33ClO3. The number of carbonyl (C=O) groups is 1. The van der Waals surface area contributed by atoms with Crippen LogP contribution in [0, 0.1) is 11.8 Å². The summed E-state index contributed by atoms with van der Waals surface area (Å²) in [4.78, 5) is 12.2. The van der Waals surface area contributed by atoms with E-state index in [1.807, 2.05) is 0 Å². The van der Waals surface area contributed by atoms with Gasteiger partial charge in [-0.3, -0.25) is 0 Å². The number of hydrogen-bond donors (Lipinski definition) is 0. The number of esters is 1. The summed E-state index contributed by atoms with van der Waals surface area (Å²) in [6.45, 7) is 2.82. The Morgan fingerprint density at radius 1 is 0.968 bits per heavy atom. The normalized spacial score (nSPS) is 18.8. The number of benzene rings is 2. The Hall–Kier alpha value is -2.26. The Balaban J connectivity index is 1.36. The first-order valence-corrected chi connectivity index (χ1v) is 11.9. The minimum Gasteiger partial charge on any atom is -0.490 e. The van der Waals surface area contributed by atoms with E-state index < -0.39 is 5.97 Å². The number of hydrogen-bond acceptors (Lipinski definition) is 3. The van der Waals surface area contributed by atoms with Gasteiger partial charge in [-0.25, -0.2) is 4.79 Å². The largest absolute Gasteiger partial charge is 0.490 e. The smallest absolute Gasteiger partial charge is 0.343 e. The fourth-order valence-corrected chi connectivity index (χ4v) is 4.23. The fraction of sp³-hybridized carbons (Fsp3) is 0.444. The summed E-state index contributed by atoms with van der Waals surface area (Å²) in [6, 6.07) is 13.8. The van der Waals surface area contributed by atoms with Gasteiger partial charge in [0.05, 0.1) is 5.56 Å². The lowest BCUT2D eigenvalue weighted by atomic mass is 9.79. The van der Waals surface area contributed by atoms with E-state index in [-0.39, 0.29) is 0 Å². The van der Waals surface area contributed by atoms with Crippen molar-refractivity contribution in [3.8, 4) is 11.5 Å². The molecule has 1 saturated carbocycles. The molecule has 166 valence electrons. The SMILES string of the molecule is CCCCC[C@H]1CC[C@H](/C=C/COc2ccc(C(=O)Oc3ccc(Cl)cc3)cc2)CC1. The Morgan fingerprint density at radius 3 is 2.32 bits per heavy atom. The summed E-state index contributed by atoms with van der Waals surface area (Å²) in [5.74, 6) is 2.44. The van der Waals surface area contributed by atoms with Crippen molar-refractivity contribution in [2.75, 3.05) is 6.61 Å². The van der Waals surface area contributed by atoms with Crippen molar-refractivity contribution >= 4 is 17.6 Å². The summed E-state index contributed by atoms with van der Waals surface area (Å²) in [5.41, 5.74) is 0.480. The second-order valence-corrected chi connectivity index (χ2v) is 8.82. The molecule has 2 aromatic rings. The number of carbonyl (C=O) groups excluding carboxylic acids is 1. The topological polar surface area (TPSA) is 35.5 Å². The van der Waals surface area contributed by atoms with Gasteiger partial charge in [-0.2, -0.15) is 0 Å². The van der Waals surface area contributed by atoms with Gasteiger partial charge in [0.2, 0.25) is 0 Å². The van der Waals surface area contributed by atoms with Gasteiger partial charge in [-0.1, -0.05) is 56.4 Å². The molecule has 2 aromatic carbocycles. The molecule has 0 N–H and O–H groups in total. The molecule has 0 amide bonds. The number of ether oxygens (including phenoxy) is 2. The van der Waals surface area contributed by atoms with Gasteiger partial charge in [0.1, 0.15) is 18.1 Å². The molecule has 0 bridgehead atoms. The van der Waals surface area contributed by atoms with E-state index in [4.69, 9.17) is 21.1 Å². The zero-order valence-electron chi connectivity index (χ0n) is 18.4. The monoisotopic (exact) mass is 440 g/mol. The third-order valence-corrected chi connectivity index (χ3v) is 6.23. The van der Waals surface area contributed by atoms with E-state index in [1.54, 1.807) is 48.5 Å². The summed E-state index contributed by atoms with van der Waals surface area (Å²) in [7, 11) is 0. The Bertz CT molecular complexity index is 819. The van der Waals surface area contributed by atoms with Crippen molar-refractivity contribution < 1.29 is 14.3 Å². The summed E-state index contributed by atoms with van der Waals surface area (Å²) >= 11 is 5.85. The van der Waals surface area contributed by atoms with E-state index in [0.29, 0.717) is 28.9 Å². The second kappa shape index (κ2) is 12.6. The fourth-order valence-electron chi connectivity index (χ4n) is 4.10. The van der Waals surface area contributed by atoms with Gasteiger partial charge in [-0.05, 0) is 86.1 Å². The molecule has 0 unspecified atom stereocenters. The molecular weight excluding hydrogens is 408 g/mol. The Kier molecular flexibility index (Phi) is 9.48. The van der Waals surface area contributed by atoms with Gasteiger partial charge < -0.3 is 9.47 Å². The van der Waals surface area contributed by atoms with Crippen LogP contribution in [0.2, 0.25) is 5.02 Å². The molecule has 1 aliphatic carbocycles. The molecule has 1 fully saturated rings. The zero-order chi connectivity index (χ0) is 21.9. The maximum absolute atomic E-state index is 12.2. The third-order valence-electron chi connectivity index (χ3n) is 5.98. The van der Waals surface area contributed by atoms with E-state index >= 15 is 0 Å². The molecule has 3 rings (SSSR count). The van der Waals surface area contributed by atoms with E-state index in [2.05, 4.69) is 19.1 Å². The molecule has 1 aliphatic rings. The lowest BCUT2D eigenvalue weighted by Crippen LogP contribution is -2.13. The number of rotatable bonds is 10. The zero-order valence-corrected chi connectivity index (χ0v) is 19.2. The van der Waals surface area contributed by atoms with Crippen molar-refractivity contribution in [1.29, 1.82) is 0 Å². The number of halogens is 1. The van der Waals surface area contributed by atoms with E-state index in [1.165, 1.54) is 51.4 Å². The van der Waals surface area contributed by atoms with Crippen molar-refractivity contribution in [1.82, 2.24) is 0 Å². The van der Waals surface area contributed by atoms with Crippen LogP contribution in [0.1, 0.15) is 68.6 Å². The molecule has 0 spiro atoms. The third kappa shape index (κ3) is 8.06. The van der Waals surface area contributed by atoms with Crippen molar-refractivity contribution in [2.24, 2.45) is 11.8 Å². The van der Waals surface area contributed by atoms with Gasteiger partial charge in [0, 0.05) is 5.02 Å². The maximum atomic E-state index is 12.2. The molecule has 0 saturated heterocycles. The van der Waals surface area contributed by atoms with Crippen molar-refractivity contribution in [3.63, 3.8) is 0 Å². The molecule has 31 heavy (non-hydrogen) atoms. The van der Waals surface area contributed by atoms with Gasteiger partial charge >= 0.3 is 5.97 Å². The average Bonchev–Trinajstić information content (AvgIpc) is 2.80. The van der Waals surface area contributed by atoms with Crippen molar-refractivity contribution in [3.05, 3.63) is 71.3 Å². The summed E-state index contributed by atoms with van der Waals surface area (Å²) in [6.07, 6.45) is 15.3. The van der Waals surface area contributed by atoms with Gasteiger partial charge in [-0.15, -0.1) is 0 Å². The van der Waals surface area contributed by atoms with E-state index in [9.17, 15) is 4.79 Å². The minimum absolute atomic E-state index is 0.404. The Morgan fingerprint density at radius 2 is 1.65 bits per heavy atom. The minimum atomic E-state index is -0.404. The van der Waals surface area contributed by atoms with Crippen LogP contribution in [-0.4, -0.2) is 12.6 Å². The van der Waals surface area contributed by atoms with Crippen LogP contribution in [0.5, 0.6) is 11.5 Å². The highest BCUT2D eigenvalue weighted by atomic mass is 35.5. The van der Waals surface area contributed by atoms with Crippen LogP contribution in [-0.2, 0) is 0 Å². The molecule has 0 radical (unpaired) electrons. The van der Waals surface area contributed by atoms with Crippen LogP contribution >= 0.6 is 11.6 Å². The van der Waals surface area contributed by atoms with Crippen LogP contribution in [0.25, 0.3) is 0 Å². The standard InChI is InChI=1S/C27H33ClO3/c1-2-3-4-6-21-8-10-22(11-9-21)7-5-20-30-25-16-12-23(13-17-25)27(29)31-26-18-14-24(28)15-19-26/h5,7,12-19,21-22H,2-4,6,8-11,20H2,1H3/b7-5+/t21-,22-.